The zero-order valence-electron chi connectivity index (χ0n) is 10.3. The minimum Gasteiger partial charge on any atom is -0.507 e. The van der Waals surface area contributed by atoms with E-state index in [1.165, 1.54) is 11.8 Å². The third-order valence-corrected chi connectivity index (χ3v) is 3.62. The molecule has 5 heteroatoms. The van der Waals surface area contributed by atoms with Gasteiger partial charge in [0.05, 0.1) is 11.3 Å². The van der Waals surface area contributed by atoms with Crippen molar-refractivity contribution in [3.05, 3.63) is 41.7 Å². The minimum absolute atomic E-state index is 0.0421. The SMILES string of the molecule is Cc1ccc(C(=O)CSc2nccn2C)c(O)c1. The number of phenolic OH excluding ortho intramolecular Hbond substituents is 1. The first-order valence-electron chi connectivity index (χ1n) is 5.51. The number of aromatic nitrogens is 2. The molecule has 1 aromatic carbocycles. The quantitative estimate of drug-likeness (QED) is 0.679. The van der Waals surface area contributed by atoms with Crippen LogP contribution < -0.4 is 0 Å². The van der Waals surface area contributed by atoms with E-state index in [0.29, 0.717) is 5.56 Å². The first-order chi connectivity index (χ1) is 8.58. The zero-order chi connectivity index (χ0) is 13.1. The van der Waals surface area contributed by atoms with Gasteiger partial charge in [0.25, 0.3) is 0 Å². The number of hydrogen-bond donors (Lipinski definition) is 1. The Kier molecular flexibility index (Phi) is 3.72. The molecule has 2 rings (SSSR count). The van der Waals surface area contributed by atoms with Gasteiger partial charge in [0, 0.05) is 19.4 Å². The van der Waals surface area contributed by atoms with Gasteiger partial charge in [0.1, 0.15) is 5.75 Å². The summed E-state index contributed by atoms with van der Waals surface area (Å²) in [4.78, 5) is 16.1. The fourth-order valence-electron chi connectivity index (χ4n) is 1.58. The Morgan fingerprint density at radius 2 is 2.28 bits per heavy atom. The van der Waals surface area contributed by atoms with Crippen LogP contribution in [0.2, 0.25) is 0 Å². The fourth-order valence-corrected chi connectivity index (χ4v) is 2.39. The molecule has 0 spiro atoms. The van der Waals surface area contributed by atoms with Crippen LogP contribution in [0, 0.1) is 6.92 Å². The molecular weight excluding hydrogens is 248 g/mol. The first kappa shape index (κ1) is 12.7. The van der Waals surface area contributed by atoms with Crippen molar-refractivity contribution in [3.63, 3.8) is 0 Å². The number of hydrogen-bond acceptors (Lipinski definition) is 4. The highest BCUT2D eigenvalue weighted by Gasteiger charge is 2.12. The van der Waals surface area contributed by atoms with Crippen molar-refractivity contribution < 1.29 is 9.90 Å². The second-order valence-electron chi connectivity index (χ2n) is 4.05. The van der Waals surface area contributed by atoms with E-state index < -0.39 is 0 Å². The van der Waals surface area contributed by atoms with Gasteiger partial charge in [-0.05, 0) is 24.6 Å². The number of nitrogens with zero attached hydrogens (tertiary/aromatic N) is 2. The van der Waals surface area contributed by atoms with Crippen LogP contribution in [-0.4, -0.2) is 26.2 Å². The average Bonchev–Trinajstić information content (AvgIpc) is 2.72. The molecule has 0 saturated carbocycles. The van der Waals surface area contributed by atoms with Crippen molar-refractivity contribution in [2.75, 3.05) is 5.75 Å². The van der Waals surface area contributed by atoms with Crippen LogP contribution in [0.15, 0.2) is 35.7 Å². The summed E-state index contributed by atoms with van der Waals surface area (Å²) in [6.07, 6.45) is 3.52. The molecule has 1 N–H and O–H groups in total. The van der Waals surface area contributed by atoms with E-state index in [1.807, 2.05) is 30.8 Å². The largest absolute Gasteiger partial charge is 0.507 e. The maximum absolute atomic E-state index is 12.0. The lowest BCUT2D eigenvalue weighted by molar-refractivity contribution is 0.102. The molecule has 0 aliphatic rings. The molecule has 1 heterocycles. The van der Waals surface area contributed by atoms with Gasteiger partial charge in [-0.25, -0.2) is 4.98 Å². The lowest BCUT2D eigenvalue weighted by Crippen LogP contribution is -2.04. The third-order valence-electron chi connectivity index (χ3n) is 2.56. The molecule has 0 amide bonds. The number of aromatic hydroxyl groups is 1. The summed E-state index contributed by atoms with van der Waals surface area (Å²) in [5.41, 5.74) is 1.29. The van der Waals surface area contributed by atoms with Gasteiger partial charge >= 0.3 is 0 Å². The summed E-state index contributed by atoms with van der Waals surface area (Å²) in [6, 6.07) is 5.07. The van der Waals surface area contributed by atoms with Gasteiger partial charge in [-0.1, -0.05) is 17.8 Å². The maximum Gasteiger partial charge on any atom is 0.176 e. The third kappa shape index (κ3) is 2.73. The maximum atomic E-state index is 12.0. The van der Waals surface area contributed by atoms with Gasteiger partial charge in [-0.3, -0.25) is 4.79 Å². The van der Waals surface area contributed by atoms with Crippen LogP contribution >= 0.6 is 11.8 Å². The Balaban J connectivity index is 2.06. The summed E-state index contributed by atoms with van der Waals surface area (Å²) >= 11 is 1.36. The first-order valence-corrected chi connectivity index (χ1v) is 6.49. The van der Waals surface area contributed by atoms with Gasteiger partial charge in [0.2, 0.25) is 0 Å². The Morgan fingerprint density at radius 1 is 1.50 bits per heavy atom. The van der Waals surface area contributed by atoms with Crippen molar-refractivity contribution in [2.45, 2.75) is 12.1 Å². The average molecular weight is 262 g/mol. The summed E-state index contributed by atoms with van der Waals surface area (Å²) in [7, 11) is 1.88. The van der Waals surface area contributed by atoms with Gasteiger partial charge < -0.3 is 9.67 Å². The number of benzene rings is 1. The molecule has 0 unspecified atom stereocenters. The Hall–Kier alpha value is -1.75. The number of Topliss-reactive ketones (excluding diaryl/α,β-unsaturated/α-hetero) is 1. The summed E-state index contributed by atoms with van der Waals surface area (Å²) < 4.78 is 1.85. The molecule has 0 bridgehead atoms. The smallest absolute Gasteiger partial charge is 0.176 e. The number of imidazole rings is 1. The molecule has 94 valence electrons. The minimum atomic E-state index is -0.0968. The number of ketones is 1. The van der Waals surface area contributed by atoms with E-state index >= 15 is 0 Å². The molecule has 0 radical (unpaired) electrons. The van der Waals surface area contributed by atoms with Crippen molar-refractivity contribution >= 4 is 17.5 Å². The molecule has 0 saturated heterocycles. The number of rotatable bonds is 4. The predicted octanol–water partition coefficient (Wildman–Crippen LogP) is 2.41. The van der Waals surface area contributed by atoms with E-state index in [4.69, 9.17) is 0 Å². The van der Waals surface area contributed by atoms with Gasteiger partial charge in [0.15, 0.2) is 10.9 Å². The van der Waals surface area contributed by atoms with Crippen molar-refractivity contribution in [1.29, 1.82) is 0 Å². The van der Waals surface area contributed by atoms with Crippen LogP contribution in [0.25, 0.3) is 0 Å². The topological polar surface area (TPSA) is 55.1 Å². The zero-order valence-corrected chi connectivity index (χ0v) is 11.1. The van der Waals surface area contributed by atoms with Crippen molar-refractivity contribution in [3.8, 4) is 5.75 Å². The predicted molar refractivity (Wildman–Crippen MR) is 71.1 cm³/mol. The van der Waals surface area contributed by atoms with Crippen LogP contribution in [0.5, 0.6) is 5.75 Å². The number of aryl methyl sites for hydroxylation is 2. The second-order valence-corrected chi connectivity index (χ2v) is 5.00. The van der Waals surface area contributed by atoms with E-state index in [1.54, 1.807) is 18.3 Å². The molecule has 0 aliphatic carbocycles. The van der Waals surface area contributed by atoms with Gasteiger partial charge in [-0.2, -0.15) is 0 Å². The molecule has 0 aliphatic heterocycles. The normalized spacial score (nSPS) is 10.6. The number of phenols is 1. The van der Waals surface area contributed by atoms with Crippen molar-refractivity contribution in [1.82, 2.24) is 9.55 Å². The lowest BCUT2D eigenvalue weighted by Gasteiger charge is -2.04. The van der Waals surface area contributed by atoms with E-state index in [2.05, 4.69) is 4.98 Å². The lowest BCUT2D eigenvalue weighted by atomic mass is 10.1. The number of carbonyl (C=O) groups excluding carboxylic acids is 1. The Bertz CT molecular complexity index is 578. The molecular formula is C13H14N2O2S. The van der Waals surface area contributed by atoms with Crippen LogP contribution in [0.1, 0.15) is 15.9 Å². The Morgan fingerprint density at radius 3 is 2.89 bits per heavy atom. The monoisotopic (exact) mass is 262 g/mol. The van der Waals surface area contributed by atoms with Crippen molar-refractivity contribution in [2.24, 2.45) is 7.05 Å². The highest BCUT2D eigenvalue weighted by Crippen LogP contribution is 2.22. The van der Waals surface area contributed by atoms with Crippen LogP contribution in [-0.2, 0) is 7.05 Å². The van der Waals surface area contributed by atoms with Crippen LogP contribution in [0.3, 0.4) is 0 Å². The summed E-state index contributed by atoms with van der Waals surface area (Å²) in [5.74, 6) is 0.211. The fraction of sp³-hybridized carbons (Fsp3) is 0.231. The van der Waals surface area contributed by atoms with E-state index in [9.17, 15) is 9.90 Å². The van der Waals surface area contributed by atoms with E-state index in [0.717, 1.165) is 10.7 Å². The molecule has 4 nitrogen and oxygen atoms in total. The van der Waals surface area contributed by atoms with Gasteiger partial charge in [-0.15, -0.1) is 0 Å². The standard InChI is InChI=1S/C13H14N2O2S/c1-9-3-4-10(11(16)7-9)12(17)8-18-13-14-5-6-15(13)2/h3-7,16H,8H2,1-2H3. The highest BCUT2D eigenvalue weighted by molar-refractivity contribution is 7.99. The Labute approximate surface area is 110 Å². The second kappa shape index (κ2) is 5.27. The number of thioether (sulfide) groups is 1. The number of carbonyl (C=O) groups is 1. The summed E-state index contributed by atoms with van der Waals surface area (Å²) in [5, 5.41) is 10.5. The van der Waals surface area contributed by atoms with E-state index in [-0.39, 0.29) is 17.3 Å². The molecule has 0 fully saturated rings. The molecule has 2 aromatic rings. The summed E-state index contributed by atoms with van der Waals surface area (Å²) in [6.45, 7) is 1.87. The highest BCUT2D eigenvalue weighted by atomic mass is 32.2. The molecule has 18 heavy (non-hydrogen) atoms. The molecule has 0 atom stereocenters. The van der Waals surface area contributed by atoms with Crippen LogP contribution in [0.4, 0.5) is 0 Å². The molecule has 1 aromatic heterocycles.